The smallest absolute Gasteiger partial charge is 0.500 e. The summed E-state index contributed by atoms with van der Waals surface area (Å²) >= 11 is 0. The fourth-order valence-corrected chi connectivity index (χ4v) is 11.0. The van der Waals surface area contributed by atoms with Crippen molar-refractivity contribution in [1.29, 1.82) is 0 Å². The van der Waals surface area contributed by atoms with E-state index in [1.165, 1.54) is 0 Å². The molecule has 0 unspecified atom stereocenters. The van der Waals surface area contributed by atoms with Crippen molar-refractivity contribution < 1.29 is 22.5 Å². The van der Waals surface area contributed by atoms with Crippen LogP contribution in [0.25, 0.3) is 0 Å². The molecule has 0 aliphatic carbocycles. The van der Waals surface area contributed by atoms with Crippen molar-refractivity contribution in [3.05, 3.63) is 0 Å². The van der Waals surface area contributed by atoms with Crippen LogP contribution < -0.4 is 5.32 Å². The van der Waals surface area contributed by atoms with E-state index in [1.54, 1.807) is 14.2 Å². The van der Waals surface area contributed by atoms with E-state index >= 15 is 0 Å². The van der Waals surface area contributed by atoms with E-state index in [9.17, 15) is 4.79 Å². The normalized spacial score (nSPS) is 12.9. The van der Waals surface area contributed by atoms with E-state index < -0.39 is 17.1 Å². The molecule has 26 heavy (non-hydrogen) atoms. The van der Waals surface area contributed by atoms with Crippen molar-refractivity contribution in [3.63, 3.8) is 0 Å². The second-order valence-electron chi connectivity index (χ2n) is 7.68. The van der Waals surface area contributed by atoms with Crippen molar-refractivity contribution in [1.82, 2.24) is 5.32 Å². The molecule has 0 rings (SSSR count). The summed E-state index contributed by atoms with van der Waals surface area (Å²) in [5, 5.41) is 2.91. The molecular weight excluding hydrogens is 366 g/mol. The van der Waals surface area contributed by atoms with Crippen LogP contribution in [0.3, 0.4) is 0 Å². The van der Waals surface area contributed by atoms with Crippen LogP contribution in [0.4, 0.5) is 4.79 Å². The van der Waals surface area contributed by atoms with Gasteiger partial charge < -0.3 is 23.0 Å². The lowest BCUT2D eigenvalue weighted by Gasteiger charge is -2.41. The van der Waals surface area contributed by atoms with Gasteiger partial charge in [0.15, 0.2) is 0 Å². The van der Waals surface area contributed by atoms with Crippen LogP contribution in [0, 0.1) is 0 Å². The highest BCUT2D eigenvalue weighted by Crippen LogP contribution is 2.42. The van der Waals surface area contributed by atoms with Gasteiger partial charge in [-0.15, -0.1) is 0 Å². The molecule has 0 aliphatic heterocycles. The molecule has 6 nitrogen and oxygen atoms in total. The summed E-state index contributed by atoms with van der Waals surface area (Å²) in [4.78, 5) is 12.4. The molecule has 156 valence electrons. The summed E-state index contributed by atoms with van der Waals surface area (Å²) in [6.07, 6.45) is 1.34. The quantitative estimate of drug-likeness (QED) is 0.346. The molecule has 0 aromatic heterocycles. The van der Waals surface area contributed by atoms with Gasteiger partial charge in [-0.2, -0.15) is 0 Å². The topological polar surface area (TPSA) is 66.0 Å². The third-order valence-corrected chi connectivity index (χ3v) is 13.9. The van der Waals surface area contributed by atoms with Gasteiger partial charge in [0.2, 0.25) is 0 Å². The Labute approximate surface area is 162 Å². The Bertz CT molecular complexity index is 379. The van der Waals surface area contributed by atoms with Gasteiger partial charge in [-0.1, -0.05) is 48.5 Å². The molecule has 0 aromatic rings. The summed E-state index contributed by atoms with van der Waals surface area (Å²) in [7, 11) is -1.56. The highest BCUT2D eigenvalue weighted by Gasteiger charge is 2.48. The van der Waals surface area contributed by atoms with Crippen LogP contribution >= 0.6 is 0 Å². The van der Waals surface area contributed by atoms with E-state index in [0.29, 0.717) is 35.8 Å². The number of rotatable bonds is 13. The summed E-state index contributed by atoms with van der Waals surface area (Å²) < 4.78 is 23.0. The molecule has 0 bridgehead atoms. The van der Waals surface area contributed by atoms with Crippen LogP contribution in [0.5, 0.6) is 0 Å². The van der Waals surface area contributed by atoms with E-state index in [1.807, 2.05) is 0 Å². The lowest BCUT2D eigenvalue weighted by molar-refractivity contribution is 0.0977. The molecule has 0 fully saturated rings. The minimum Gasteiger partial charge on any atom is -0.503 e. The molecule has 0 aliphatic rings. The number of hydrogen-bond donors (Lipinski definition) is 1. The van der Waals surface area contributed by atoms with Gasteiger partial charge >= 0.3 is 14.9 Å². The Kier molecular flexibility index (Phi) is 11.9. The van der Waals surface area contributed by atoms with Gasteiger partial charge in [-0.3, -0.25) is 0 Å². The maximum atomic E-state index is 12.4. The number of nitrogens with one attached hydrogen (secondary N) is 1. The molecule has 0 aromatic carbocycles. The predicted octanol–water partition coefficient (Wildman–Crippen LogP) is 4.94. The average molecular weight is 408 g/mol. The molecular formula is C18H41NO5Si2. The molecule has 1 amide bonds. The Hall–Kier alpha value is -0.416. The first-order valence-electron chi connectivity index (χ1n) is 9.82. The highest BCUT2D eigenvalue weighted by atomic mass is 28.4. The van der Waals surface area contributed by atoms with Gasteiger partial charge in [0.1, 0.15) is 0 Å². The lowest BCUT2D eigenvalue weighted by atomic mass is 10.5. The summed E-state index contributed by atoms with van der Waals surface area (Å²) in [5.41, 5.74) is 1.12. The fraction of sp³-hybridized carbons (Fsp3) is 0.944. The Morgan fingerprint density at radius 1 is 0.962 bits per heavy atom. The van der Waals surface area contributed by atoms with E-state index in [2.05, 4.69) is 53.8 Å². The van der Waals surface area contributed by atoms with E-state index in [0.717, 1.165) is 12.8 Å². The Balaban J connectivity index is 4.65. The molecule has 0 radical (unpaired) electrons. The third kappa shape index (κ3) is 6.96. The molecule has 0 saturated carbocycles. The summed E-state index contributed by atoms with van der Waals surface area (Å²) in [6.45, 7) is 16.2. The zero-order valence-electron chi connectivity index (χ0n) is 18.3. The molecule has 1 N–H and O–H groups in total. The summed E-state index contributed by atoms with van der Waals surface area (Å²) in [6, 6.07) is 0.668. The van der Waals surface area contributed by atoms with Gasteiger partial charge in [-0.05, 0) is 29.5 Å². The van der Waals surface area contributed by atoms with Crippen molar-refractivity contribution in [2.24, 2.45) is 0 Å². The molecule has 0 heterocycles. The second kappa shape index (κ2) is 12.1. The largest absolute Gasteiger partial charge is 0.503 e. The van der Waals surface area contributed by atoms with Crippen molar-refractivity contribution in [2.45, 2.75) is 84.0 Å². The lowest BCUT2D eigenvalue weighted by Crippen LogP contribution is -2.51. The fourth-order valence-electron chi connectivity index (χ4n) is 3.78. The zero-order chi connectivity index (χ0) is 20.4. The minimum absolute atomic E-state index is 0.302. The van der Waals surface area contributed by atoms with E-state index in [4.69, 9.17) is 17.7 Å². The van der Waals surface area contributed by atoms with Crippen molar-refractivity contribution in [2.75, 3.05) is 27.4 Å². The number of carbonyl (C=O) groups excluding carboxylic acids is 1. The third-order valence-electron chi connectivity index (χ3n) is 5.05. The minimum atomic E-state index is -2.62. The van der Waals surface area contributed by atoms with Crippen LogP contribution in [-0.2, 0) is 17.7 Å². The zero-order valence-corrected chi connectivity index (χ0v) is 20.3. The first-order valence-corrected chi connectivity index (χ1v) is 13.9. The Morgan fingerprint density at radius 3 is 1.85 bits per heavy atom. The maximum absolute atomic E-state index is 12.4. The van der Waals surface area contributed by atoms with Gasteiger partial charge in [-0.25, -0.2) is 4.79 Å². The predicted molar refractivity (Wildman–Crippen MR) is 111 cm³/mol. The first kappa shape index (κ1) is 25.6. The summed E-state index contributed by atoms with van der Waals surface area (Å²) in [5.74, 6) is 0. The molecule has 0 spiro atoms. The number of amides is 1. The SMILES string of the molecule is CCCO[Si](CCCNC(=O)O[Si](C(C)C)(C(C)C)C(C)C)(OC)OC. The van der Waals surface area contributed by atoms with Crippen LogP contribution in [0.15, 0.2) is 0 Å². The van der Waals surface area contributed by atoms with Gasteiger partial charge in [0, 0.05) is 33.4 Å². The first-order chi connectivity index (χ1) is 12.1. The molecule has 0 saturated heterocycles. The van der Waals surface area contributed by atoms with Gasteiger partial charge in [0.25, 0.3) is 8.32 Å². The Morgan fingerprint density at radius 2 is 1.46 bits per heavy atom. The van der Waals surface area contributed by atoms with Crippen LogP contribution in [-0.4, -0.2) is 50.6 Å². The maximum Gasteiger partial charge on any atom is 0.500 e. The van der Waals surface area contributed by atoms with Crippen molar-refractivity contribution >= 4 is 23.2 Å². The van der Waals surface area contributed by atoms with Crippen LogP contribution in [0.2, 0.25) is 22.7 Å². The number of hydrogen-bond acceptors (Lipinski definition) is 5. The van der Waals surface area contributed by atoms with Crippen molar-refractivity contribution in [3.8, 4) is 0 Å². The standard InChI is InChI=1S/C18H41NO5Si2/c1-10-13-23-25(21-8,22-9)14-11-12-19-18(20)24-26(15(2)3,16(4)5)17(6)7/h15-17H,10-14H2,1-9H3,(H,19,20). The second-order valence-corrected chi connectivity index (χ2v) is 16.0. The average Bonchev–Trinajstić information content (AvgIpc) is 2.58. The molecule has 0 atom stereocenters. The van der Waals surface area contributed by atoms with Crippen LogP contribution in [0.1, 0.15) is 61.3 Å². The monoisotopic (exact) mass is 407 g/mol. The highest BCUT2D eigenvalue weighted by molar-refractivity contribution is 6.78. The molecule has 8 heteroatoms. The van der Waals surface area contributed by atoms with E-state index in [-0.39, 0.29) is 6.09 Å². The number of carbonyl (C=O) groups is 1. The van der Waals surface area contributed by atoms with Gasteiger partial charge in [0.05, 0.1) is 0 Å².